The molecule has 3 aromatic carbocycles. The van der Waals surface area contributed by atoms with Gasteiger partial charge < -0.3 is 10.3 Å². The van der Waals surface area contributed by atoms with Crippen molar-refractivity contribution < 1.29 is 0 Å². The van der Waals surface area contributed by atoms with Crippen LogP contribution in [0.3, 0.4) is 0 Å². The zero-order valence-corrected chi connectivity index (χ0v) is 10.9. The Kier molecular flexibility index (Phi) is 2.46. The summed E-state index contributed by atoms with van der Waals surface area (Å²) in [7, 11) is 0. The minimum absolute atomic E-state index is 1.10. The van der Waals surface area contributed by atoms with Crippen molar-refractivity contribution in [2.45, 2.75) is 0 Å². The van der Waals surface area contributed by atoms with Gasteiger partial charge in [0.05, 0.1) is 0 Å². The van der Waals surface area contributed by atoms with E-state index in [1.54, 1.807) is 0 Å². The lowest BCUT2D eigenvalue weighted by Gasteiger charge is -2.08. The molecule has 4 aromatic rings. The number of aromatic amines is 1. The Bertz CT molecular complexity index is 876. The molecular formula is C18H14N2. The minimum atomic E-state index is 1.10. The summed E-state index contributed by atoms with van der Waals surface area (Å²) in [6, 6.07) is 25.0. The van der Waals surface area contributed by atoms with Gasteiger partial charge in [0.1, 0.15) is 0 Å². The van der Waals surface area contributed by atoms with Gasteiger partial charge in [-0.2, -0.15) is 0 Å². The van der Waals surface area contributed by atoms with E-state index in [1.165, 1.54) is 16.3 Å². The Hall–Kier alpha value is -2.74. The van der Waals surface area contributed by atoms with Gasteiger partial charge in [-0.05, 0) is 30.3 Å². The Morgan fingerprint density at radius 1 is 0.650 bits per heavy atom. The summed E-state index contributed by atoms with van der Waals surface area (Å²) in [5.41, 5.74) is 4.56. The molecule has 0 bridgehead atoms. The van der Waals surface area contributed by atoms with Gasteiger partial charge >= 0.3 is 0 Å². The summed E-state index contributed by atoms with van der Waals surface area (Å²) in [6.07, 6.45) is 0. The van der Waals surface area contributed by atoms with Gasteiger partial charge in [0.25, 0.3) is 0 Å². The molecule has 0 aliphatic carbocycles. The second kappa shape index (κ2) is 4.42. The Balaban J connectivity index is 1.95. The second-order valence-electron chi connectivity index (χ2n) is 4.89. The molecule has 0 radical (unpaired) electrons. The van der Waals surface area contributed by atoms with Crippen LogP contribution in [0, 0.1) is 0 Å². The summed E-state index contributed by atoms with van der Waals surface area (Å²) >= 11 is 0. The van der Waals surface area contributed by atoms with E-state index < -0.39 is 0 Å². The molecule has 0 atom stereocenters. The van der Waals surface area contributed by atoms with Crippen LogP contribution in [0.1, 0.15) is 0 Å². The van der Waals surface area contributed by atoms with Crippen LogP contribution in [0.25, 0.3) is 21.8 Å². The molecule has 0 aliphatic rings. The molecule has 0 saturated carbocycles. The molecule has 1 aromatic heterocycles. The highest BCUT2D eigenvalue weighted by atomic mass is 14.9. The van der Waals surface area contributed by atoms with Gasteiger partial charge in [-0.1, -0.05) is 42.5 Å². The third-order valence-electron chi connectivity index (χ3n) is 3.58. The third kappa shape index (κ3) is 1.74. The zero-order chi connectivity index (χ0) is 13.4. The Morgan fingerprint density at radius 3 is 2.30 bits per heavy atom. The average Bonchev–Trinajstić information content (AvgIpc) is 2.88. The van der Waals surface area contributed by atoms with Crippen LogP contribution in [0.15, 0.2) is 72.8 Å². The number of hydrogen-bond donors (Lipinski definition) is 2. The molecule has 0 saturated heterocycles. The van der Waals surface area contributed by atoms with Crippen molar-refractivity contribution in [2.75, 3.05) is 5.32 Å². The molecule has 20 heavy (non-hydrogen) atoms. The third-order valence-corrected chi connectivity index (χ3v) is 3.58. The van der Waals surface area contributed by atoms with Crippen LogP contribution < -0.4 is 5.32 Å². The van der Waals surface area contributed by atoms with E-state index in [2.05, 4.69) is 64.9 Å². The molecule has 2 nitrogen and oxygen atoms in total. The first-order valence-electron chi connectivity index (χ1n) is 6.73. The highest BCUT2D eigenvalue weighted by molar-refractivity contribution is 6.13. The molecule has 1 heterocycles. The highest BCUT2D eigenvalue weighted by Crippen LogP contribution is 2.32. The van der Waals surface area contributed by atoms with E-state index in [0.29, 0.717) is 0 Å². The summed E-state index contributed by atoms with van der Waals surface area (Å²) in [6.45, 7) is 0. The molecule has 0 unspecified atom stereocenters. The fourth-order valence-electron chi connectivity index (χ4n) is 2.68. The van der Waals surface area contributed by atoms with Crippen LogP contribution in [0.2, 0.25) is 0 Å². The minimum Gasteiger partial charge on any atom is -0.355 e. The molecular weight excluding hydrogens is 244 g/mol. The molecule has 0 aliphatic heterocycles. The van der Waals surface area contributed by atoms with Crippen molar-refractivity contribution >= 4 is 33.2 Å². The lowest BCUT2D eigenvalue weighted by atomic mass is 10.1. The predicted octanol–water partition coefficient (Wildman–Crippen LogP) is 5.06. The topological polar surface area (TPSA) is 27.8 Å². The number of benzene rings is 3. The van der Waals surface area contributed by atoms with Crippen molar-refractivity contribution in [3.63, 3.8) is 0 Å². The molecule has 4 rings (SSSR count). The average molecular weight is 258 g/mol. The lowest BCUT2D eigenvalue weighted by molar-refractivity contribution is 1.54. The maximum Gasteiger partial charge on any atom is 0.0485 e. The van der Waals surface area contributed by atoms with Gasteiger partial charge in [-0.15, -0.1) is 0 Å². The maximum absolute atomic E-state index is 3.51. The Morgan fingerprint density at radius 2 is 1.40 bits per heavy atom. The first kappa shape index (κ1) is 11.1. The summed E-state index contributed by atoms with van der Waals surface area (Å²) in [5.74, 6) is 0. The molecule has 0 amide bonds. The fraction of sp³-hybridized carbons (Fsp3) is 0. The van der Waals surface area contributed by atoms with Crippen molar-refractivity contribution in [3.8, 4) is 0 Å². The van der Waals surface area contributed by atoms with Crippen LogP contribution in [0.4, 0.5) is 11.4 Å². The van der Waals surface area contributed by atoms with Crippen molar-refractivity contribution in [1.82, 2.24) is 4.98 Å². The van der Waals surface area contributed by atoms with E-state index in [1.807, 2.05) is 18.2 Å². The summed E-state index contributed by atoms with van der Waals surface area (Å²) in [4.78, 5) is 3.46. The number of aromatic nitrogens is 1. The van der Waals surface area contributed by atoms with Gasteiger partial charge in [0.15, 0.2) is 0 Å². The largest absolute Gasteiger partial charge is 0.355 e. The number of para-hydroxylation sites is 2. The molecule has 0 spiro atoms. The van der Waals surface area contributed by atoms with E-state index in [-0.39, 0.29) is 0 Å². The number of fused-ring (bicyclic) bond motifs is 3. The first-order valence-corrected chi connectivity index (χ1v) is 6.73. The van der Waals surface area contributed by atoms with E-state index in [0.717, 1.165) is 16.9 Å². The normalized spacial score (nSPS) is 11.0. The second-order valence-corrected chi connectivity index (χ2v) is 4.89. The molecule has 2 N–H and O–H groups in total. The van der Waals surface area contributed by atoms with Crippen LogP contribution in [-0.4, -0.2) is 4.98 Å². The van der Waals surface area contributed by atoms with Crippen LogP contribution in [0.5, 0.6) is 0 Å². The number of anilines is 2. The smallest absolute Gasteiger partial charge is 0.0485 e. The zero-order valence-electron chi connectivity index (χ0n) is 10.9. The van der Waals surface area contributed by atoms with Crippen LogP contribution >= 0.6 is 0 Å². The van der Waals surface area contributed by atoms with E-state index in [9.17, 15) is 0 Å². The molecule has 96 valence electrons. The summed E-state index contributed by atoms with van der Waals surface area (Å²) < 4.78 is 0. The SMILES string of the molecule is c1ccc(Nc2cccc3[nH]c4ccccc4c23)cc1. The number of nitrogens with one attached hydrogen (secondary N) is 2. The van der Waals surface area contributed by atoms with E-state index in [4.69, 9.17) is 0 Å². The number of rotatable bonds is 2. The fourth-order valence-corrected chi connectivity index (χ4v) is 2.68. The number of hydrogen-bond acceptors (Lipinski definition) is 1. The maximum atomic E-state index is 3.51. The summed E-state index contributed by atoms with van der Waals surface area (Å²) in [5, 5.41) is 6.00. The molecule has 0 fully saturated rings. The standard InChI is InChI=1S/C18H14N2/c1-2-7-13(8-3-1)19-16-11-6-12-17-18(16)14-9-4-5-10-15(14)20-17/h1-12,19-20H. The van der Waals surface area contributed by atoms with Crippen molar-refractivity contribution in [1.29, 1.82) is 0 Å². The van der Waals surface area contributed by atoms with Crippen molar-refractivity contribution in [2.24, 2.45) is 0 Å². The van der Waals surface area contributed by atoms with Crippen LogP contribution in [-0.2, 0) is 0 Å². The Labute approximate surface area is 117 Å². The monoisotopic (exact) mass is 258 g/mol. The van der Waals surface area contributed by atoms with Gasteiger partial charge in [-0.3, -0.25) is 0 Å². The highest BCUT2D eigenvalue weighted by Gasteiger charge is 2.07. The quantitative estimate of drug-likeness (QED) is 0.516. The first-order chi connectivity index (χ1) is 9.92. The van der Waals surface area contributed by atoms with Gasteiger partial charge in [-0.25, -0.2) is 0 Å². The van der Waals surface area contributed by atoms with Crippen molar-refractivity contribution in [3.05, 3.63) is 72.8 Å². The van der Waals surface area contributed by atoms with E-state index >= 15 is 0 Å². The molecule has 2 heteroatoms. The predicted molar refractivity (Wildman–Crippen MR) is 85.5 cm³/mol. The van der Waals surface area contributed by atoms with Gasteiger partial charge in [0.2, 0.25) is 0 Å². The lowest BCUT2D eigenvalue weighted by Crippen LogP contribution is -1.90. The van der Waals surface area contributed by atoms with Gasteiger partial charge in [0, 0.05) is 33.2 Å². The number of H-pyrrole nitrogens is 1.